The van der Waals surface area contributed by atoms with E-state index in [2.05, 4.69) is 0 Å². The van der Waals surface area contributed by atoms with Crippen LogP contribution in [0.5, 0.6) is 0 Å². The van der Waals surface area contributed by atoms with Crippen LogP contribution in [0.4, 0.5) is 4.79 Å². The number of hydrogen-bond donors (Lipinski definition) is 1. The lowest BCUT2D eigenvalue weighted by molar-refractivity contribution is -0.121. The Bertz CT molecular complexity index is 230. The normalized spacial score (nSPS) is 21.0. The molecule has 0 spiro atoms. The Morgan fingerprint density at radius 2 is 2.29 bits per heavy atom. The van der Waals surface area contributed by atoms with Gasteiger partial charge in [-0.25, -0.2) is 4.79 Å². The number of nitrogens with zero attached hydrogens (tertiary/aromatic N) is 1. The predicted molar refractivity (Wildman–Crippen MR) is 50.8 cm³/mol. The molecule has 80 valence electrons. The molecule has 5 nitrogen and oxygen atoms in total. The van der Waals surface area contributed by atoms with Gasteiger partial charge in [-0.15, -0.1) is 0 Å². The number of ether oxygens (including phenoxy) is 1. The van der Waals surface area contributed by atoms with Crippen molar-refractivity contribution in [3.8, 4) is 0 Å². The van der Waals surface area contributed by atoms with E-state index in [1.165, 1.54) is 4.90 Å². The Morgan fingerprint density at radius 3 is 2.86 bits per heavy atom. The molecule has 1 amide bonds. The lowest BCUT2D eigenvalue weighted by Gasteiger charge is -2.22. The largest absolute Gasteiger partial charge is 0.450 e. The highest BCUT2D eigenvalue weighted by Crippen LogP contribution is 2.18. The van der Waals surface area contributed by atoms with E-state index in [-0.39, 0.29) is 18.4 Å². The maximum Gasteiger partial charge on any atom is 0.410 e. The van der Waals surface area contributed by atoms with Gasteiger partial charge in [0.05, 0.1) is 19.2 Å². The van der Waals surface area contributed by atoms with Crippen molar-refractivity contribution in [3.63, 3.8) is 0 Å². The molecule has 1 saturated heterocycles. The van der Waals surface area contributed by atoms with Gasteiger partial charge in [-0.3, -0.25) is 9.69 Å². The van der Waals surface area contributed by atoms with Gasteiger partial charge in [0.2, 0.25) is 0 Å². The van der Waals surface area contributed by atoms with E-state index in [0.717, 1.165) is 6.42 Å². The first-order valence-electron chi connectivity index (χ1n) is 4.86. The van der Waals surface area contributed by atoms with E-state index in [9.17, 15) is 9.59 Å². The van der Waals surface area contributed by atoms with E-state index in [1.54, 1.807) is 6.92 Å². The molecular formula is C9H16N2O3. The molecule has 1 atom stereocenters. The molecular weight excluding hydrogens is 184 g/mol. The number of carbonyl (C=O) groups excluding carboxylic acids is 2. The van der Waals surface area contributed by atoms with Crippen LogP contribution in [0.15, 0.2) is 0 Å². The quantitative estimate of drug-likeness (QED) is 0.703. The molecule has 0 radical (unpaired) electrons. The van der Waals surface area contributed by atoms with Gasteiger partial charge >= 0.3 is 6.09 Å². The molecule has 0 aliphatic carbocycles. The minimum absolute atomic E-state index is 0.0133. The first-order chi connectivity index (χ1) is 6.70. The fourth-order valence-corrected chi connectivity index (χ4v) is 1.66. The molecule has 1 rings (SSSR count). The molecule has 5 heteroatoms. The summed E-state index contributed by atoms with van der Waals surface area (Å²) in [5, 5.41) is 0. The molecule has 1 aliphatic heterocycles. The number of Topliss-reactive ketones (excluding diaryl/α,β-unsaturated/α-hetero) is 1. The molecule has 1 aliphatic rings. The van der Waals surface area contributed by atoms with E-state index in [1.807, 2.05) is 0 Å². The van der Waals surface area contributed by atoms with E-state index in [4.69, 9.17) is 10.5 Å². The van der Waals surface area contributed by atoms with Gasteiger partial charge in [0.25, 0.3) is 0 Å². The average Bonchev–Trinajstić information content (AvgIpc) is 2.65. The third-order valence-corrected chi connectivity index (χ3v) is 2.33. The van der Waals surface area contributed by atoms with Gasteiger partial charge in [-0.05, 0) is 19.8 Å². The van der Waals surface area contributed by atoms with Gasteiger partial charge in [0.1, 0.15) is 0 Å². The summed E-state index contributed by atoms with van der Waals surface area (Å²) in [6.45, 7) is 2.66. The Hall–Kier alpha value is -1.10. The average molecular weight is 200 g/mol. The SMILES string of the molecule is CCOC(=O)N1CCCC1C(=O)CN. The summed E-state index contributed by atoms with van der Waals surface area (Å²) in [5.74, 6) is -0.0875. The van der Waals surface area contributed by atoms with Crippen molar-refractivity contribution >= 4 is 11.9 Å². The van der Waals surface area contributed by atoms with Crippen LogP contribution in [0.1, 0.15) is 19.8 Å². The second-order valence-corrected chi connectivity index (χ2v) is 3.22. The van der Waals surface area contributed by atoms with Crippen LogP contribution < -0.4 is 5.73 Å². The molecule has 0 aromatic rings. The van der Waals surface area contributed by atoms with Gasteiger partial charge in [-0.2, -0.15) is 0 Å². The van der Waals surface area contributed by atoms with E-state index >= 15 is 0 Å². The second kappa shape index (κ2) is 4.95. The minimum atomic E-state index is -0.406. The van der Waals surface area contributed by atoms with Crippen LogP contribution in [0.3, 0.4) is 0 Å². The Labute approximate surface area is 83.2 Å². The monoisotopic (exact) mass is 200 g/mol. The summed E-state index contributed by atoms with van der Waals surface area (Å²) in [4.78, 5) is 24.2. The number of ketones is 1. The zero-order valence-corrected chi connectivity index (χ0v) is 8.36. The van der Waals surface area contributed by atoms with E-state index < -0.39 is 6.09 Å². The number of nitrogens with two attached hydrogens (primary N) is 1. The maximum absolute atomic E-state index is 11.4. The highest BCUT2D eigenvalue weighted by Gasteiger charge is 2.33. The van der Waals surface area contributed by atoms with Crippen molar-refractivity contribution in [2.75, 3.05) is 19.7 Å². The maximum atomic E-state index is 11.4. The third-order valence-electron chi connectivity index (χ3n) is 2.33. The Kier molecular flexibility index (Phi) is 3.88. The summed E-state index contributed by atoms with van der Waals surface area (Å²) in [6.07, 6.45) is 1.14. The first-order valence-corrected chi connectivity index (χ1v) is 4.86. The number of carbonyl (C=O) groups is 2. The summed E-state index contributed by atoms with van der Waals surface area (Å²) in [7, 11) is 0. The van der Waals surface area contributed by atoms with Gasteiger partial charge in [-0.1, -0.05) is 0 Å². The van der Waals surface area contributed by atoms with E-state index in [0.29, 0.717) is 19.6 Å². The molecule has 0 saturated carbocycles. The Balaban J connectivity index is 2.59. The number of rotatable bonds is 3. The zero-order valence-electron chi connectivity index (χ0n) is 8.36. The summed E-state index contributed by atoms with van der Waals surface area (Å²) < 4.78 is 4.84. The highest BCUT2D eigenvalue weighted by atomic mass is 16.6. The molecule has 2 N–H and O–H groups in total. The number of hydrogen-bond acceptors (Lipinski definition) is 4. The van der Waals surface area contributed by atoms with Crippen molar-refractivity contribution in [2.24, 2.45) is 5.73 Å². The zero-order chi connectivity index (χ0) is 10.6. The van der Waals surface area contributed by atoms with Gasteiger partial charge in [0, 0.05) is 6.54 Å². The summed E-state index contributed by atoms with van der Waals surface area (Å²) in [5.41, 5.74) is 5.26. The minimum Gasteiger partial charge on any atom is -0.450 e. The second-order valence-electron chi connectivity index (χ2n) is 3.22. The molecule has 1 fully saturated rings. The van der Waals surface area contributed by atoms with Gasteiger partial charge in [0.15, 0.2) is 5.78 Å². The standard InChI is InChI=1S/C9H16N2O3/c1-2-14-9(13)11-5-3-4-7(11)8(12)6-10/h7H,2-6,10H2,1H3. The first kappa shape index (κ1) is 11.0. The fraction of sp³-hybridized carbons (Fsp3) is 0.778. The van der Waals surface area contributed by atoms with Crippen LogP contribution in [0, 0.1) is 0 Å². The highest BCUT2D eigenvalue weighted by molar-refractivity contribution is 5.89. The number of amides is 1. The van der Waals surface area contributed by atoms with Crippen molar-refractivity contribution < 1.29 is 14.3 Å². The van der Waals surface area contributed by atoms with Crippen LogP contribution in [-0.4, -0.2) is 42.5 Å². The molecule has 0 aromatic heterocycles. The molecule has 14 heavy (non-hydrogen) atoms. The van der Waals surface area contributed by atoms with Gasteiger partial charge < -0.3 is 10.5 Å². The van der Waals surface area contributed by atoms with Crippen molar-refractivity contribution in [2.45, 2.75) is 25.8 Å². The smallest absolute Gasteiger partial charge is 0.410 e. The lowest BCUT2D eigenvalue weighted by Crippen LogP contribution is -2.43. The number of likely N-dealkylation sites (tertiary alicyclic amines) is 1. The Morgan fingerprint density at radius 1 is 1.57 bits per heavy atom. The molecule has 1 unspecified atom stereocenters. The van der Waals surface area contributed by atoms with Crippen LogP contribution in [-0.2, 0) is 9.53 Å². The van der Waals surface area contributed by atoms with Crippen LogP contribution in [0.25, 0.3) is 0 Å². The molecule has 0 bridgehead atoms. The van der Waals surface area contributed by atoms with Crippen molar-refractivity contribution in [1.29, 1.82) is 0 Å². The third kappa shape index (κ3) is 2.23. The van der Waals surface area contributed by atoms with Crippen LogP contribution in [0.2, 0.25) is 0 Å². The summed E-state index contributed by atoms with van der Waals surface area (Å²) >= 11 is 0. The lowest BCUT2D eigenvalue weighted by atomic mass is 10.1. The predicted octanol–water partition coefficient (Wildman–Crippen LogP) is 0.135. The van der Waals surface area contributed by atoms with Crippen molar-refractivity contribution in [1.82, 2.24) is 4.90 Å². The molecule has 1 heterocycles. The van der Waals surface area contributed by atoms with Crippen molar-refractivity contribution in [3.05, 3.63) is 0 Å². The topological polar surface area (TPSA) is 72.6 Å². The van der Waals surface area contributed by atoms with Crippen LogP contribution >= 0.6 is 0 Å². The summed E-state index contributed by atoms with van der Waals surface area (Å²) in [6, 6.07) is -0.362. The molecule has 0 aromatic carbocycles. The fourth-order valence-electron chi connectivity index (χ4n) is 1.66.